The van der Waals surface area contributed by atoms with E-state index in [0.29, 0.717) is 12.5 Å². The molecule has 0 spiro atoms. The molecule has 0 aromatic heterocycles. The van der Waals surface area contributed by atoms with Crippen LogP contribution in [0.3, 0.4) is 0 Å². The van der Waals surface area contributed by atoms with E-state index in [-0.39, 0.29) is 6.61 Å². The first-order valence-corrected chi connectivity index (χ1v) is 4.44. The Bertz CT molecular complexity index is 185. The quantitative estimate of drug-likeness (QED) is 0.661. The molecular formula is C9H16N2O2. The van der Waals surface area contributed by atoms with Crippen LogP contribution in [0.4, 0.5) is 4.79 Å². The van der Waals surface area contributed by atoms with E-state index in [2.05, 4.69) is 23.9 Å². The van der Waals surface area contributed by atoms with Crippen LogP contribution in [0.25, 0.3) is 0 Å². The monoisotopic (exact) mass is 184 g/mol. The number of nitrogens with zero attached hydrogens (tertiary/aromatic N) is 1. The lowest BCUT2D eigenvalue weighted by molar-refractivity contribution is 0.159. The molecule has 13 heavy (non-hydrogen) atoms. The lowest BCUT2D eigenvalue weighted by atomic mass is 10.1. The van der Waals surface area contributed by atoms with E-state index in [4.69, 9.17) is 5.26 Å². The fraction of sp³-hybridized carbons (Fsp3) is 0.778. The van der Waals surface area contributed by atoms with Crippen molar-refractivity contribution in [2.24, 2.45) is 5.92 Å². The molecule has 0 aliphatic carbocycles. The van der Waals surface area contributed by atoms with Crippen LogP contribution in [0.5, 0.6) is 0 Å². The number of amides is 1. The van der Waals surface area contributed by atoms with E-state index < -0.39 is 6.09 Å². The molecule has 0 unspecified atom stereocenters. The third kappa shape index (κ3) is 8.67. The minimum atomic E-state index is -0.509. The summed E-state index contributed by atoms with van der Waals surface area (Å²) < 4.78 is 4.49. The van der Waals surface area contributed by atoms with Crippen molar-refractivity contribution in [3.63, 3.8) is 0 Å². The summed E-state index contributed by atoms with van der Waals surface area (Å²) in [6.07, 6.45) is 1.52. The van der Waals surface area contributed by atoms with Crippen molar-refractivity contribution >= 4 is 6.09 Å². The SMILES string of the molecule is CC(C)CCCNC(=O)OCC#N. The van der Waals surface area contributed by atoms with Crippen LogP contribution < -0.4 is 5.32 Å². The Morgan fingerprint density at radius 3 is 2.85 bits per heavy atom. The fourth-order valence-electron chi connectivity index (χ4n) is 0.850. The topological polar surface area (TPSA) is 62.1 Å². The first-order valence-electron chi connectivity index (χ1n) is 4.44. The zero-order valence-corrected chi connectivity index (χ0v) is 8.17. The molecule has 0 saturated carbocycles. The van der Waals surface area contributed by atoms with Crippen molar-refractivity contribution in [2.75, 3.05) is 13.2 Å². The van der Waals surface area contributed by atoms with Crippen molar-refractivity contribution in [1.82, 2.24) is 5.32 Å². The minimum Gasteiger partial charge on any atom is -0.434 e. The maximum absolute atomic E-state index is 10.8. The Hall–Kier alpha value is -1.24. The predicted octanol–water partition coefficient (Wildman–Crippen LogP) is 1.67. The predicted molar refractivity (Wildman–Crippen MR) is 49.0 cm³/mol. The zero-order valence-electron chi connectivity index (χ0n) is 8.17. The molecule has 4 nitrogen and oxygen atoms in total. The van der Waals surface area contributed by atoms with E-state index in [0.717, 1.165) is 12.8 Å². The Morgan fingerprint density at radius 1 is 1.62 bits per heavy atom. The van der Waals surface area contributed by atoms with Gasteiger partial charge < -0.3 is 10.1 Å². The molecule has 0 aliphatic rings. The molecule has 0 saturated heterocycles. The van der Waals surface area contributed by atoms with E-state index in [9.17, 15) is 4.79 Å². The summed E-state index contributed by atoms with van der Waals surface area (Å²) in [7, 11) is 0. The summed E-state index contributed by atoms with van der Waals surface area (Å²) in [6, 6.07) is 1.72. The summed E-state index contributed by atoms with van der Waals surface area (Å²) in [5.74, 6) is 0.650. The molecule has 0 aromatic rings. The highest BCUT2D eigenvalue weighted by Gasteiger charge is 1.99. The van der Waals surface area contributed by atoms with Gasteiger partial charge >= 0.3 is 6.09 Å². The molecule has 0 atom stereocenters. The smallest absolute Gasteiger partial charge is 0.408 e. The number of rotatable bonds is 5. The standard InChI is InChI=1S/C9H16N2O2/c1-8(2)4-3-6-11-9(12)13-7-5-10/h8H,3-4,6-7H2,1-2H3,(H,11,12). The molecule has 1 N–H and O–H groups in total. The number of nitrogens with one attached hydrogen (secondary N) is 1. The van der Waals surface area contributed by atoms with Crippen LogP contribution in [0.2, 0.25) is 0 Å². The van der Waals surface area contributed by atoms with Gasteiger partial charge in [0, 0.05) is 6.54 Å². The number of nitriles is 1. The number of hydrogen-bond acceptors (Lipinski definition) is 3. The molecule has 0 aliphatic heterocycles. The van der Waals surface area contributed by atoms with Crippen molar-refractivity contribution in [1.29, 1.82) is 5.26 Å². The summed E-state index contributed by atoms with van der Waals surface area (Å²) in [5, 5.41) is 10.7. The van der Waals surface area contributed by atoms with Gasteiger partial charge in [-0.25, -0.2) is 4.79 Å². The second kappa shape index (κ2) is 7.41. The van der Waals surface area contributed by atoms with E-state index >= 15 is 0 Å². The van der Waals surface area contributed by atoms with Crippen LogP contribution in [0.15, 0.2) is 0 Å². The Balaban J connectivity index is 3.23. The fourth-order valence-corrected chi connectivity index (χ4v) is 0.850. The zero-order chi connectivity index (χ0) is 10.1. The van der Waals surface area contributed by atoms with Gasteiger partial charge in [-0.05, 0) is 18.8 Å². The van der Waals surface area contributed by atoms with Gasteiger partial charge in [-0.1, -0.05) is 13.8 Å². The summed E-state index contributed by atoms with van der Waals surface area (Å²) >= 11 is 0. The molecular weight excluding hydrogens is 168 g/mol. The van der Waals surface area contributed by atoms with Gasteiger partial charge in [0.15, 0.2) is 6.61 Å². The van der Waals surface area contributed by atoms with Crippen LogP contribution in [0.1, 0.15) is 26.7 Å². The average molecular weight is 184 g/mol. The lowest BCUT2D eigenvalue weighted by Gasteiger charge is -2.05. The van der Waals surface area contributed by atoms with Gasteiger partial charge in [0.05, 0.1) is 0 Å². The lowest BCUT2D eigenvalue weighted by Crippen LogP contribution is -2.25. The maximum atomic E-state index is 10.8. The number of carbonyl (C=O) groups is 1. The molecule has 0 heterocycles. The largest absolute Gasteiger partial charge is 0.434 e. The normalized spacial score (nSPS) is 9.38. The highest BCUT2D eigenvalue weighted by Crippen LogP contribution is 2.01. The van der Waals surface area contributed by atoms with Crippen molar-refractivity contribution in [2.45, 2.75) is 26.7 Å². The second-order valence-corrected chi connectivity index (χ2v) is 3.20. The maximum Gasteiger partial charge on any atom is 0.408 e. The van der Waals surface area contributed by atoms with Crippen LogP contribution in [-0.4, -0.2) is 19.2 Å². The third-order valence-electron chi connectivity index (χ3n) is 1.50. The molecule has 0 bridgehead atoms. The molecule has 0 radical (unpaired) electrons. The van der Waals surface area contributed by atoms with Crippen molar-refractivity contribution < 1.29 is 9.53 Å². The highest BCUT2D eigenvalue weighted by molar-refractivity contribution is 5.67. The number of alkyl carbamates (subject to hydrolysis) is 1. The summed E-state index contributed by atoms with van der Waals surface area (Å²) in [4.78, 5) is 10.8. The molecule has 0 aromatic carbocycles. The van der Waals surface area contributed by atoms with E-state index in [1.165, 1.54) is 0 Å². The molecule has 0 fully saturated rings. The Kier molecular flexibility index (Phi) is 6.70. The summed E-state index contributed by atoms with van der Waals surface area (Å²) in [6.45, 7) is 4.69. The number of carbonyl (C=O) groups excluding carboxylic acids is 1. The molecule has 1 amide bonds. The van der Waals surface area contributed by atoms with Gasteiger partial charge in [-0.3, -0.25) is 0 Å². The Morgan fingerprint density at radius 2 is 2.31 bits per heavy atom. The van der Waals surface area contributed by atoms with Gasteiger partial charge in [0.2, 0.25) is 0 Å². The van der Waals surface area contributed by atoms with E-state index in [1.54, 1.807) is 6.07 Å². The summed E-state index contributed by atoms with van der Waals surface area (Å²) in [5.41, 5.74) is 0. The van der Waals surface area contributed by atoms with Crippen LogP contribution >= 0.6 is 0 Å². The highest BCUT2D eigenvalue weighted by atomic mass is 16.5. The molecule has 74 valence electrons. The minimum absolute atomic E-state index is 0.185. The average Bonchev–Trinajstić information content (AvgIpc) is 2.08. The van der Waals surface area contributed by atoms with Crippen LogP contribution in [0, 0.1) is 17.2 Å². The van der Waals surface area contributed by atoms with E-state index in [1.807, 2.05) is 0 Å². The first-order chi connectivity index (χ1) is 6.16. The second-order valence-electron chi connectivity index (χ2n) is 3.20. The van der Waals surface area contributed by atoms with Gasteiger partial charge in [-0.2, -0.15) is 5.26 Å². The van der Waals surface area contributed by atoms with Crippen molar-refractivity contribution in [3.8, 4) is 6.07 Å². The van der Waals surface area contributed by atoms with Gasteiger partial charge in [0.25, 0.3) is 0 Å². The van der Waals surface area contributed by atoms with Gasteiger partial charge in [0.1, 0.15) is 6.07 Å². The molecule has 4 heteroatoms. The van der Waals surface area contributed by atoms with Crippen LogP contribution in [-0.2, 0) is 4.74 Å². The van der Waals surface area contributed by atoms with Gasteiger partial charge in [-0.15, -0.1) is 0 Å². The number of hydrogen-bond donors (Lipinski definition) is 1. The third-order valence-corrected chi connectivity index (χ3v) is 1.50. The van der Waals surface area contributed by atoms with Crippen molar-refractivity contribution in [3.05, 3.63) is 0 Å². The first kappa shape index (κ1) is 11.8. The Labute approximate surface area is 78.9 Å². The molecule has 0 rings (SSSR count). The number of ether oxygens (including phenoxy) is 1.